The average Bonchev–Trinajstić information content (AvgIpc) is 2.79. The Morgan fingerprint density at radius 3 is 2.92 bits per heavy atom. The van der Waals surface area contributed by atoms with Crippen LogP contribution >= 0.6 is 0 Å². The van der Waals surface area contributed by atoms with Crippen LogP contribution in [0.3, 0.4) is 0 Å². The molecule has 1 aliphatic heterocycles. The molecule has 0 atom stereocenters. The number of furan rings is 1. The van der Waals surface area contributed by atoms with Crippen LogP contribution in [0.2, 0.25) is 0 Å². The molecule has 2 heterocycles. The van der Waals surface area contributed by atoms with Gasteiger partial charge in [-0.2, -0.15) is 0 Å². The van der Waals surface area contributed by atoms with Crippen molar-refractivity contribution in [1.82, 2.24) is 10.2 Å². The van der Waals surface area contributed by atoms with Crippen LogP contribution in [0.5, 0.6) is 0 Å². The van der Waals surface area contributed by atoms with Crippen molar-refractivity contribution in [2.24, 2.45) is 0 Å². The van der Waals surface area contributed by atoms with Crippen LogP contribution in [0.4, 0.5) is 0 Å². The van der Waals surface area contributed by atoms with Gasteiger partial charge < -0.3 is 14.6 Å². The summed E-state index contributed by atoms with van der Waals surface area (Å²) in [5, 5.41) is 3.87. The van der Waals surface area contributed by atoms with Crippen molar-refractivity contribution >= 4 is 22.8 Å². The lowest BCUT2D eigenvalue weighted by Gasteiger charge is -2.20. The molecule has 0 radical (unpaired) electrons. The van der Waals surface area contributed by atoms with E-state index in [0.717, 1.165) is 48.8 Å². The molecule has 0 aliphatic carbocycles. The Morgan fingerprint density at radius 1 is 1.25 bits per heavy atom. The topological polar surface area (TPSA) is 62.6 Å². The minimum atomic E-state index is -0.189. The molecule has 5 heteroatoms. The number of aryl methyl sites for hydroxylation is 1. The van der Waals surface area contributed by atoms with E-state index < -0.39 is 0 Å². The van der Waals surface area contributed by atoms with E-state index in [2.05, 4.69) is 5.32 Å². The zero-order chi connectivity index (χ0) is 16.9. The van der Waals surface area contributed by atoms with Crippen molar-refractivity contribution in [3.8, 4) is 0 Å². The SMILES string of the molecule is Cc1c(C(=O)NCCCN2CCCCCC2=O)oc2ccccc12. The first-order valence-corrected chi connectivity index (χ1v) is 8.71. The molecular weight excluding hydrogens is 304 g/mol. The van der Waals surface area contributed by atoms with E-state index in [1.54, 1.807) is 0 Å². The summed E-state index contributed by atoms with van der Waals surface area (Å²) in [6, 6.07) is 7.65. The lowest BCUT2D eigenvalue weighted by molar-refractivity contribution is -0.130. The molecule has 1 saturated heterocycles. The molecule has 5 nitrogen and oxygen atoms in total. The third-order valence-corrected chi connectivity index (χ3v) is 4.61. The normalized spacial score (nSPS) is 15.5. The van der Waals surface area contributed by atoms with Gasteiger partial charge in [0.25, 0.3) is 5.91 Å². The van der Waals surface area contributed by atoms with Gasteiger partial charge >= 0.3 is 0 Å². The summed E-state index contributed by atoms with van der Waals surface area (Å²) >= 11 is 0. The predicted molar refractivity (Wildman–Crippen MR) is 92.9 cm³/mol. The molecule has 1 aromatic carbocycles. The molecule has 0 spiro atoms. The zero-order valence-electron chi connectivity index (χ0n) is 14.1. The maximum absolute atomic E-state index is 12.3. The van der Waals surface area contributed by atoms with Crippen molar-refractivity contribution in [3.05, 3.63) is 35.6 Å². The molecule has 0 bridgehead atoms. The van der Waals surface area contributed by atoms with Gasteiger partial charge in [0.2, 0.25) is 5.91 Å². The number of para-hydroxylation sites is 1. The average molecular weight is 328 g/mol. The number of fused-ring (bicyclic) bond motifs is 1. The molecule has 1 aromatic heterocycles. The predicted octanol–water partition coefficient (Wildman–Crippen LogP) is 3.26. The first-order chi connectivity index (χ1) is 11.7. The number of hydrogen-bond acceptors (Lipinski definition) is 3. The maximum Gasteiger partial charge on any atom is 0.287 e. The van der Waals surface area contributed by atoms with Crippen LogP contribution in [0.1, 0.15) is 48.2 Å². The van der Waals surface area contributed by atoms with Crippen LogP contribution in [-0.4, -0.2) is 36.3 Å². The highest BCUT2D eigenvalue weighted by atomic mass is 16.3. The Labute approximate surface area is 142 Å². The Hall–Kier alpha value is -2.30. The van der Waals surface area contributed by atoms with E-state index in [0.29, 0.717) is 25.3 Å². The van der Waals surface area contributed by atoms with E-state index in [4.69, 9.17) is 4.42 Å². The first kappa shape index (κ1) is 16.6. The number of nitrogens with zero attached hydrogens (tertiary/aromatic N) is 1. The van der Waals surface area contributed by atoms with Gasteiger partial charge in [-0.1, -0.05) is 24.6 Å². The quantitative estimate of drug-likeness (QED) is 0.857. The van der Waals surface area contributed by atoms with Gasteiger partial charge in [-0.3, -0.25) is 9.59 Å². The molecule has 1 N–H and O–H groups in total. The molecule has 3 rings (SSSR count). The first-order valence-electron chi connectivity index (χ1n) is 8.71. The van der Waals surface area contributed by atoms with Gasteiger partial charge in [0.15, 0.2) is 5.76 Å². The molecule has 1 fully saturated rings. The Bertz CT molecular complexity index is 735. The van der Waals surface area contributed by atoms with Gasteiger partial charge in [-0.25, -0.2) is 0 Å². The number of likely N-dealkylation sites (tertiary alicyclic amines) is 1. The van der Waals surface area contributed by atoms with Crippen molar-refractivity contribution in [2.45, 2.75) is 39.0 Å². The summed E-state index contributed by atoms with van der Waals surface area (Å²) in [5.41, 5.74) is 1.60. The van der Waals surface area contributed by atoms with Crippen LogP contribution in [0.15, 0.2) is 28.7 Å². The van der Waals surface area contributed by atoms with Gasteiger partial charge in [0.05, 0.1) is 0 Å². The van der Waals surface area contributed by atoms with Gasteiger partial charge in [-0.15, -0.1) is 0 Å². The minimum Gasteiger partial charge on any atom is -0.451 e. The Balaban J connectivity index is 1.51. The van der Waals surface area contributed by atoms with Gasteiger partial charge in [0, 0.05) is 37.0 Å². The number of carbonyl (C=O) groups excluding carboxylic acids is 2. The second-order valence-electron chi connectivity index (χ2n) is 6.35. The second kappa shape index (κ2) is 7.51. The summed E-state index contributed by atoms with van der Waals surface area (Å²) in [7, 11) is 0. The van der Waals surface area contributed by atoms with E-state index >= 15 is 0 Å². The lowest BCUT2D eigenvalue weighted by atomic mass is 10.1. The number of amides is 2. The highest BCUT2D eigenvalue weighted by Gasteiger charge is 2.18. The Kier molecular flexibility index (Phi) is 5.18. The van der Waals surface area contributed by atoms with Crippen molar-refractivity contribution in [1.29, 1.82) is 0 Å². The summed E-state index contributed by atoms with van der Waals surface area (Å²) in [6.07, 6.45) is 4.62. The largest absolute Gasteiger partial charge is 0.451 e. The zero-order valence-corrected chi connectivity index (χ0v) is 14.1. The third kappa shape index (κ3) is 3.61. The highest BCUT2D eigenvalue weighted by Crippen LogP contribution is 2.24. The fourth-order valence-electron chi connectivity index (χ4n) is 3.22. The van der Waals surface area contributed by atoms with Crippen LogP contribution < -0.4 is 5.32 Å². The van der Waals surface area contributed by atoms with Crippen molar-refractivity contribution < 1.29 is 14.0 Å². The van der Waals surface area contributed by atoms with E-state index in [9.17, 15) is 9.59 Å². The molecule has 128 valence electrons. The maximum atomic E-state index is 12.3. The number of benzene rings is 1. The standard InChI is InChI=1S/C19H24N2O3/c1-14-15-8-4-5-9-16(15)24-18(14)19(23)20-11-7-13-21-12-6-2-3-10-17(21)22/h4-5,8-9H,2-3,6-7,10-13H2,1H3,(H,20,23). The molecule has 2 aromatic rings. The van der Waals surface area contributed by atoms with E-state index in [-0.39, 0.29) is 11.8 Å². The van der Waals surface area contributed by atoms with E-state index in [1.165, 1.54) is 0 Å². The minimum absolute atomic E-state index is 0.189. The molecule has 2 amide bonds. The van der Waals surface area contributed by atoms with E-state index in [1.807, 2.05) is 36.1 Å². The number of carbonyl (C=O) groups is 2. The van der Waals surface area contributed by atoms with Crippen LogP contribution in [0, 0.1) is 6.92 Å². The van der Waals surface area contributed by atoms with Crippen LogP contribution in [0.25, 0.3) is 11.0 Å². The third-order valence-electron chi connectivity index (χ3n) is 4.61. The fraction of sp³-hybridized carbons (Fsp3) is 0.474. The number of nitrogens with one attached hydrogen (secondary N) is 1. The second-order valence-corrected chi connectivity index (χ2v) is 6.35. The van der Waals surface area contributed by atoms with Gasteiger partial charge in [0.1, 0.15) is 5.58 Å². The fourth-order valence-corrected chi connectivity index (χ4v) is 3.22. The highest BCUT2D eigenvalue weighted by molar-refractivity contribution is 5.98. The summed E-state index contributed by atoms with van der Waals surface area (Å²) in [5.74, 6) is 0.430. The van der Waals surface area contributed by atoms with Crippen molar-refractivity contribution in [3.63, 3.8) is 0 Å². The molecule has 24 heavy (non-hydrogen) atoms. The molecule has 0 unspecified atom stereocenters. The van der Waals surface area contributed by atoms with Crippen molar-refractivity contribution in [2.75, 3.05) is 19.6 Å². The lowest BCUT2D eigenvalue weighted by Crippen LogP contribution is -2.34. The summed E-state index contributed by atoms with van der Waals surface area (Å²) in [4.78, 5) is 26.2. The number of rotatable bonds is 5. The molecular formula is C19H24N2O3. The molecule has 1 aliphatic rings. The van der Waals surface area contributed by atoms with Crippen LogP contribution in [-0.2, 0) is 4.79 Å². The number of hydrogen-bond donors (Lipinski definition) is 1. The Morgan fingerprint density at radius 2 is 2.08 bits per heavy atom. The summed E-state index contributed by atoms with van der Waals surface area (Å²) in [6.45, 7) is 3.99. The van der Waals surface area contributed by atoms with Gasteiger partial charge in [-0.05, 0) is 32.3 Å². The monoisotopic (exact) mass is 328 g/mol. The molecule has 0 saturated carbocycles. The summed E-state index contributed by atoms with van der Waals surface area (Å²) < 4.78 is 5.66. The smallest absolute Gasteiger partial charge is 0.287 e.